The molecule has 2 rings (SSSR count). The highest BCUT2D eigenvalue weighted by Crippen LogP contribution is 2.21. The minimum atomic E-state index is -0.827. The SMILES string of the molecule is Cc1cccc(OC(C)C(=O)Nc2ccc(C(C)CC(=O)O)cc2)c1. The molecule has 0 aliphatic carbocycles. The van der Waals surface area contributed by atoms with E-state index in [1.807, 2.05) is 50.2 Å². The molecule has 132 valence electrons. The molecule has 0 heterocycles. The molecule has 5 heteroatoms. The number of amides is 1. The van der Waals surface area contributed by atoms with Gasteiger partial charge in [-0.05, 0) is 55.2 Å². The lowest BCUT2D eigenvalue weighted by Gasteiger charge is -2.16. The molecule has 1 amide bonds. The first-order valence-corrected chi connectivity index (χ1v) is 8.21. The summed E-state index contributed by atoms with van der Waals surface area (Å²) in [6.07, 6.45) is -0.556. The van der Waals surface area contributed by atoms with E-state index in [0.29, 0.717) is 11.4 Å². The fraction of sp³-hybridized carbons (Fsp3) is 0.300. The summed E-state index contributed by atoms with van der Waals surface area (Å²) >= 11 is 0. The first-order chi connectivity index (χ1) is 11.8. The molecule has 0 radical (unpaired) electrons. The number of carbonyl (C=O) groups is 2. The topological polar surface area (TPSA) is 75.6 Å². The zero-order valence-electron chi connectivity index (χ0n) is 14.7. The number of hydrogen-bond acceptors (Lipinski definition) is 3. The Morgan fingerprint density at radius 2 is 1.80 bits per heavy atom. The first kappa shape index (κ1) is 18.5. The van der Waals surface area contributed by atoms with Crippen molar-refractivity contribution in [2.75, 3.05) is 5.32 Å². The van der Waals surface area contributed by atoms with Crippen molar-refractivity contribution in [2.45, 2.75) is 39.2 Å². The van der Waals surface area contributed by atoms with Gasteiger partial charge >= 0.3 is 5.97 Å². The highest BCUT2D eigenvalue weighted by molar-refractivity contribution is 5.94. The van der Waals surface area contributed by atoms with Crippen molar-refractivity contribution in [1.29, 1.82) is 0 Å². The number of aryl methyl sites for hydroxylation is 1. The average molecular weight is 341 g/mol. The van der Waals surface area contributed by atoms with E-state index >= 15 is 0 Å². The summed E-state index contributed by atoms with van der Waals surface area (Å²) in [5.74, 6) is -0.494. The van der Waals surface area contributed by atoms with Crippen LogP contribution in [0.15, 0.2) is 48.5 Å². The van der Waals surface area contributed by atoms with Gasteiger partial charge in [0.05, 0.1) is 6.42 Å². The minimum absolute atomic E-state index is 0.0765. The van der Waals surface area contributed by atoms with Gasteiger partial charge in [-0.15, -0.1) is 0 Å². The van der Waals surface area contributed by atoms with Crippen LogP contribution in [0.4, 0.5) is 5.69 Å². The van der Waals surface area contributed by atoms with Crippen LogP contribution in [-0.4, -0.2) is 23.1 Å². The van der Waals surface area contributed by atoms with Gasteiger partial charge in [0.2, 0.25) is 0 Å². The monoisotopic (exact) mass is 341 g/mol. The van der Waals surface area contributed by atoms with E-state index < -0.39 is 12.1 Å². The summed E-state index contributed by atoms with van der Waals surface area (Å²) in [5, 5.41) is 11.7. The summed E-state index contributed by atoms with van der Waals surface area (Å²) in [6, 6.07) is 14.7. The molecule has 0 saturated heterocycles. The van der Waals surface area contributed by atoms with E-state index in [2.05, 4.69) is 5.32 Å². The first-order valence-electron chi connectivity index (χ1n) is 8.21. The largest absolute Gasteiger partial charge is 0.481 e. The molecule has 0 aliphatic rings. The van der Waals surface area contributed by atoms with Crippen LogP contribution in [-0.2, 0) is 9.59 Å². The second kappa shape index (κ2) is 8.33. The summed E-state index contributed by atoms with van der Waals surface area (Å²) in [6.45, 7) is 5.52. The number of carbonyl (C=O) groups excluding carboxylic acids is 1. The number of nitrogens with one attached hydrogen (secondary N) is 1. The third-order valence-electron chi connectivity index (χ3n) is 3.90. The highest BCUT2D eigenvalue weighted by Gasteiger charge is 2.15. The standard InChI is InChI=1S/C20H23NO4/c1-13-5-4-6-18(11-13)25-15(3)20(24)21-17-9-7-16(8-10-17)14(2)12-19(22)23/h4-11,14-15H,12H2,1-3H3,(H,21,24)(H,22,23). The van der Waals surface area contributed by atoms with Crippen LogP contribution < -0.4 is 10.1 Å². The highest BCUT2D eigenvalue weighted by atomic mass is 16.5. The molecule has 25 heavy (non-hydrogen) atoms. The van der Waals surface area contributed by atoms with Gasteiger partial charge in [0.25, 0.3) is 5.91 Å². The molecule has 0 saturated carbocycles. The van der Waals surface area contributed by atoms with Gasteiger partial charge in [-0.25, -0.2) is 0 Å². The fourth-order valence-electron chi connectivity index (χ4n) is 2.46. The van der Waals surface area contributed by atoms with E-state index in [-0.39, 0.29) is 18.2 Å². The predicted molar refractivity (Wildman–Crippen MR) is 97.0 cm³/mol. The van der Waals surface area contributed by atoms with Crippen LogP contribution in [0.1, 0.15) is 37.3 Å². The molecule has 2 N–H and O–H groups in total. The number of anilines is 1. The Morgan fingerprint density at radius 1 is 1.12 bits per heavy atom. The molecule has 2 aromatic rings. The summed E-state index contributed by atoms with van der Waals surface area (Å²) in [7, 11) is 0. The van der Waals surface area contributed by atoms with Gasteiger partial charge in [0, 0.05) is 5.69 Å². The number of benzene rings is 2. The number of ether oxygens (including phenoxy) is 1. The molecule has 0 fully saturated rings. The van der Waals surface area contributed by atoms with E-state index in [1.54, 1.807) is 19.1 Å². The Balaban J connectivity index is 1.94. The van der Waals surface area contributed by atoms with Crippen molar-refractivity contribution in [2.24, 2.45) is 0 Å². The maximum atomic E-state index is 12.3. The van der Waals surface area contributed by atoms with Crippen LogP contribution in [0.5, 0.6) is 5.75 Å². The number of hydrogen-bond donors (Lipinski definition) is 2. The van der Waals surface area contributed by atoms with Crippen LogP contribution in [0, 0.1) is 6.92 Å². The van der Waals surface area contributed by atoms with Gasteiger partial charge < -0.3 is 15.2 Å². The lowest BCUT2D eigenvalue weighted by Crippen LogP contribution is -2.30. The van der Waals surface area contributed by atoms with Crippen molar-refractivity contribution in [3.05, 3.63) is 59.7 Å². The summed E-state index contributed by atoms with van der Waals surface area (Å²) < 4.78 is 5.66. The Morgan fingerprint density at radius 3 is 2.40 bits per heavy atom. The third-order valence-corrected chi connectivity index (χ3v) is 3.90. The second-order valence-electron chi connectivity index (χ2n) is 6.19. The van der Waals surface area contributed by atoms with Crippen molar-refractivity contribution in [3.63, 3.8) is 0 Å². The molecule has 0 aliphatic heterocycles. The molecule has 0 spiro atoms. The van der Waals surface area contributed by atoms with Crippen LogP contribution in [0.25, 0.3) is 0 Å². The number of carboxylic acids is 1. The van der Waals surface area contributed by atoms with Crippen LogP contribution >= 0.6 is 0 Å². The van der Waals surface area contributed by atoms with E-state index in [4.69, 9.17) is 9.84 Å². The normalized spacial score (nSPS) is 12.9. The summed E-state index contributed by atoms with van der Waals surface area (Å²) in [5.41, 5.74) is 2.64. The molecular formula is C20H23NO4. The van der Waals surface area contributed by atoms with Crippen molar-refractivity contribution < 1.29 is 19.4 Å². The van der Waals surface area contributed by atoms with E-state index in [0.717, 1.165) is 11.1 Å². The molecule has 2 atom stereocenters. The molecule has 0 aromatic heterocycles. The lowest BCUT2D eigenvalue weighted by molar-refractivity contribution is -0.137. The quantitative estimate of drug-likeness (QED) is 0.799. The number of carboxylic acid groups (broad SMARTS) is 1. The lowest BCUT2D eigenvalue weighted by atomic mass is 9.98. The Kier molecular flexibility index (Phi) is 6.17. The van der Waals surface area contributed by atoms with Crippen LogP contribution in [0.2, 0.25) is 0 Å². The maximum absolute atomic E-state index is 12.3. The van der Waals surface area contributed by atoms with Crippen molar-refractivity contribution in [1.82, 2.24) is 0 Å². The molecule has 5 nitrogen and oxygen atoms in total. The average Bonchev–Trinajstić information content (AvgIpc) is 2.54. The second-order valence-corrected chi connectivity index (χ2v) is 6.19. The molecular weight excluding hydrogens is 318 g/mol. The Bertz CT molecular complexity index is 740. The Hall–Kier alpha value is -2.82. The van der Waals surface area contributed by atoms with Crippen LogP contribution in [0.3, 0.4) is 0 Å². The Labute approximate surface area is 147 Å². The minimum Gasteiger partial charge on any atom is -0.481 e. The van der Waals surface area contributed by atoms with Gasteiger partial charge in [0.15, 0.2) is 6.10 Å². The summed E-state index contributed by atoms with van der Waals surface area (Å²) in [4.78, 5) is 23.0. The van der Waals surface area contributed by atoms with Crippen molar-refractivity contribution in [3.8, 4) is 5.75 Å². The zero-order valence-corrected chi connectivity index (χ0v) is 14.7. The maximum Gasteiger partial charge on any atom is 0.303 e. The van der Waals surface area contributed by atoms with Gasteiger partial charge in [-0.1, -0.05) is 31.2 Å². The number of rotatable bonds is 7. The number of aliphatic carboxylic acids is 1. The van der Waals surface area contributed by atoms with E-state index in [9.17, 15) is 9.59 Å². The van der Waals surface area contributed by atoms with E-state index in [1.165, 1.54) is 0 Å². The molecule has 2 aromatic carbocycles. The van der Waals surface area contributed by atoms with Gasteiger partial charge in [-0.3, -0.25) is 9.59 Å². The molecule has 0 bridgehead atoms. The zero-order chi connectivity index (χ0) is 18.4. The van der Waals surface area contributed by atoms with Gasteiger partial charge in [-0.2, -0.15) is 0 Å². The smallest absolute Gasteiger partial charge is 0.303 e. The fourth-order valence-corrected chi connectivity index (χ4v) is 2.46. The third kappa shape index (κ3) is 5.64. The molecule has 2 unspecified atom stereocenters. The van der Waals surface area contributed by atoms with Crippen molar-refractivity contribution >= 4 is 17.6 Å². The predicted octanol–water partition coefficient (Wildman–Crippen LogP) is 3.98. The van der Waals surface area contributed by atoms with Gasteiger partial charge in [0.1, 0.15) is 5.75 Å².